The highest BCUT2D eigenvalue weighted by Crippen LogP contribution is 2.31. The van der Waals surface area contributed by atoms with E-state index in [2.05, 4.69) is 20.6 Å². The Bertz CT molecular complexity index is 2940. The van der Waals surface area contributed by atoms with Gasteiger partial charge < -0.3 is 47.5 Å². The SMILES string of the molecule is CO[C@H]1O[C@H](COCc2cn(-c3cc4ccc(O)cc4oc3=O)nn2)[C@@H](OCc2cn(-c3cc4ccc(O)cc4oc3=O)nn2)[C@H](OCc2ccccc2)[C@@H]1OCc1ccccc1. The number of hydrogen-bond acceptors (Lipinski definition) is 16. The molecule has 0 bridgehead atoms. The number of aromatic hydroxyl groups is 2. The molecule has 2 N–H and O–H groups in total. The van der Waals surface area contributed by atoms with E-state index in [4.69, 9.17) is 37.3 Å². The average Bonchev–Trinajstić information content (AvgIpc) is 3.97. The molecule has 1 saturated heterocycles. The molecule has 5 heterocycles. The maximum atomic E-state index is 13.0. The summed E-state index contributed by atoms with van der Waals surface area (Å²) in [5, 5.41) is 37.6. The van der Waals surface area contributed by atoms with Crippen molar-refractivity contribution in [2.75, 3.05) is 13.7 Å². The molecule has 0 radical (unpaired) electrons. The van der Waals surface area contributed by atoms with E-state index in [1.165, 1.54) is 40.7 Å². The fraction of sp³-hybridized carbons (Fsp3) is 0.244. The molecule has 18 heteroatoms. The van der Waals surface area contributed by atoms with Crippen LogP contribution in [-0.4, -0.2) is 84.6 Å². The van der Waals surface area contributed by atoms with Gasteiger partial charge in [-0.1, -0.05) is 71.1 Å². The number of aromatic nitrogens is 6. The Morgan fingerprint density at radius 2 is 1.11 bits per heavy atom. The Morgan fingerprint density at radius 3 is 1.65 bits per heavy atom. The maximum absolute atomic E-state index is 13.0. The van der Waals surface area contributed by atoms with Crippen molar-refractivity contribution in [1.29, 1.82) is 0 Å². The number of phenols is 2. The van der Waals surface area contributed by atoms with Gasteiger partial charge in [-0.3, -0.25) is 0 Å². The van der Waals surface area contributed by atoms with Crippen molar-refractivity contribution in [2.24, 2.45) is 0 Å². The molecule has 0 saturated carbocycles. The van der Waals surface area contributed by atoms with Crippen LogP contribution in [0.2, 0.25) is 0 Å². The van der Waals surface area contributed by atoms with Crippen molar-refractivity contribution in [3.8, 4) is 22.9 Å². The molecule has 0 spiro atoms. The Morgan fingerprint density at radius 1 is 0.603 bits per heavy atom. The molecule has 0 aliphatic carbocycles. The monoisotopic (exact) mass is 856 g/mol. The summed E-state index contributed by atoms with van der Waals surface area (Å²) in [4.78, 5) is 25.8. The highest BCUT2D eigenvalue weighted by Gasteiger charge is 2.49. The smallest absolute Gasteiger partial charge is 0.362 e. The lowest BCUT2D eigenvalue weighted by molar-refractivity contribution is -0.323. The van der Waals surface area contributed by atoms with Gasteiger partial charge in [0.15, 0.2) is 17.7 Å². The number of hydrogen-bond donors (Lipinski definition) is 2. The van der Waals surface area contributed by atoms with Crippen LogP contribution < -0.4 is 11.3 Å². The summed E-state index contributed by atoms with van der Waals surface area (Å²) in [6, 6.07) is 31.5. The lowest BCUT2D eigenvalue weighted by Gasteiger charge is -2.45. The number of fused-ring (bicyclic) bond motifs is 2. The summed E-state index contributed by atoms with van der Waals surface area (Å²) < 4.78 is 51.9. The van der Waals surface area contributed by atoms with Crippen molar-refractivity contribution in [3.63, 3.8) is 0 Å². The molecule has 0 amide bonds. The van der Waals surface area contributed by atoms with Gasteiger partial charge >= 0.3 is 11.3 Å². The molecule has 63 heavy (non-hydrogen) atoms. The summed E-state index contributed by atoms with van der Waals surface area (Å²) in [6.07, 6.45) is -1.02. The first kappa shape index (κ1) is 41.3. The topological polar surface area (TPSA) is 218 Å². The zero-order valence-corrected chi connectivity index (χ0v) is 33.6. The van der Waals surface area contributed by atoms with Gasteiger partial charge in [0.25, 0.3) is 0 Å². The molecule has 9 rings (SSSR count). The lowest BCUT2D eigenvalue weighted by atomic mass is 9.98. The van der Waals surface area contributed by atoms with Crippen molar-refractivity contribution in [3.05, 3.63) is 165 Å². The van der Waals surface area contributed by atoms with Gasteiger partial charge in [0.2, 0.25) is 0 Å². The Kier molecular flexibility index (Phi) is 12.1. The first-order chi connectivity index (χ1) is 30.8. The van der Waals surface area contributed by atoms with Gasteiger partial charge in [-0.15, -0.1) is 10.2 Å². The standard InChI is InChI=1S/C45H40N6O12/c1-56-45-42(59-23-28-10-6-3-7-11-28)41(58-22-27-8-4-2-5-9-27)40(60-25-32-21-51(49-47-32)36-17-30-13-15-34(53)19-38(30)62-44(36)55)39(63-45)26-57-24-31-20-50(48-46-31)35-16-29-12-14-33(52)18-37(29)61-43(35)54/h2-21,39-42,45,52-53H,22-26H2,1H3/t39-,40-,41+,42+,45+/m1/s1. The van der Waals surface area contributed by atoms with E-state index in [9.17, 15) is 19.8 Å². The van der Waals surface area contributed by atoms with E-state index in [-0.39, 0.29) is 67.1 Å². The number of nitrogens with zero attached hydrogens (tertiary/aromatic N) is 6. The average molecular weight is 857 g/mol. The van der Waals surface area contributed by atoms with E-state index in [1.807, 2.05) is 60.7 Å². The van der Waals surface area contributed by atoms with Crippen LogP contribution in [0, 0.1) is 0 Å². The molecule has 8 aromatic rings. The Labute approximate surface area is 357 Å². The fourth-order valence-electron chi connectivity index (χ4n) is 7.23. The summed E-state index contributed by atoms with van der Waals surface area (Å²) in [6.45, 7) is 0.287. The van der Waals surface area contributed by atoms with E-state index in [1.54, 1.807) is 36.7 Å². The summed E-state index contributed by atoms with van der Waals surface area (Å²) in [7, 11) is 1.52. The highest BCUT2D eigenvalue weighted by atomic mass is 16.7. The third kappa shape index (κ3) is 9.41. The van der Waals surface area contributed by atoms with Gasteiger partial charge in [-0.2, -0.15) is 0 Å². The first-order valence-electron chi connectivity index (χ1n) is 19.8. The fourth-order valence-corrected chi connectivity index (χ4v) is 7.23. The molecule has 1 aliphatic rings. The number of rotatable bonds is 16. The van der Waals surface area contributed by atoms with Gasteiger partial charge in [0.1, 0.15) is 58.5 Å². The van der Waals surface area contributed by atoms with Crippen LogP contribution >= 0.6 is 0 Å². The predicted octanol–water partition coefficient (Wildman–Crippen LogP) is 5.12. The van der Waals surface area contributed by atoms with Gasteiger partial charge in [0.05, 0.1) is 45.4 Å². The quantitative estimate of drug-likeness (QED) is 0.121. The zero-order valence-electron chi connectivity index (χ0n) is 33.6. The molecular formula is C45H40N6O12. The maximum Gasteiger partial charge on any atom is 0.362 e. The van der Waals surface area contributed by atoms with Gasteiger partial charge in [-0.25, -0.2) is 19.0 Å². The molecule has 1 fully saturated rings. The van der Waals surface area contributed by atoms with E-state index in [0.717, 1.165) is 11.1 Å². The minimum Gasteiger partial charge on any atom is -0.508 e. The van der Waals surface area contributed by atoms with Crippen molar-refractivity contribution in [1.82, 2.24) is 30.0 Å². The molecule has 1 aliphatic heterocycles. The second kappa shape index (κ2) is 18.5. The molecule has 4 aromatic carbocycles. The number of methoxy groups -OCH3 is 1. The molecule has 4 aromatic heterocycles. The third-order valence-corrected chi connectivity index (χ3v) is 10.3. The summed E-state index contributed by atoms with van der Waals surface area (Å²) in [5.74, 6) is -0.0631. The van der Waals surface area contributed by atoms with Crippen molar-refractivity contribution in [2.45, 2.75) is 57.1 Å². The predicted molar refractivity (Wildman–Crippen MR) is 222 cm³/mol. The van der Waals surface area contributed by atoms with Crippen LogP contribution in [0.3, 0.4) is 0 Å². The summed E-state index contributed by atoms with van der Waals surface area (Å²) in [5.41, 5.74) is 1.97. The molecule has 0 unspecified atom stereocenters. The van der Waals surface area contributed by atoms with Crippen LogP contribution in [0.5, 0.6) is 11.5 Å². The van der Waals surface area contributed by atoms with Crippen LogP contribution in [0.1, 0.15) is 22.5 Å². The van der Waals surface area contributed by atoms with Crippen LogP contribution in [-0.2, 0) is 54.8 Å². The Balaban J connectivity index is 0.973. The second-order valence-corrected chi connectivity index (χ2v) is 14.7. The zero-order chi connectivity index (χ0) is 43.3. The molecule has 322 valence electrons. The largest absolute Gasteiger partial charge is 0.508 e. The first-order valence-corrected chi connectivity index (χ1v) is 19.8. The highest BCUT2D eigenvalue weighted by molar-refractivity contribution is 5.80. The number of benzene rings is 4. The van der Waals surface area contributed by atoms with E-state index in [0.29, 0.717) is 22.2 Å². The summed E-state index contributed by atoms with van der Waals surface area (Å²) >= 11 is 0. The normalized spacial score (nSPS) is 18.9. The van der Waals surface area contributed by atoms with Crippen LogP contribution in [0.25, 0.3) is 33.3 Å². The minimum atomic E-state index is -0.909. The minimum absolute atomic E-state index is 0.0250. The molecular weight excluding hydrogens is 817 g/mol. The van der Waals surface area contributed by atoms with Crippen molar-refractivity contribution < 1.29 is 47.5 Å². The van der Waals surface area contributed by atoms with Gasteiger partial charge in [-0.05, 0) is 47.5 Å². The number of phenolic OH excluding ortho intramolecular Hbond substituents is 2. The van der Waals surface area contributed by atoms with Crippen LogP contribution in [0.15, 0.2) is 140 Å². The van der Waals surface area contributed by atoms with Gasteiger partial charge in [0, 0.05) is 30.0 Å². The van der Waals surface area contributed by atoms with Crippen LogP contribution in [0.4, 0.5) is 0 Å². The third-order valence-electron chi connectivity index (χ3n) is 10.3. The van der Waals surface area contributed by atoms with Crippen molar-refractivity contribution >= 4 is 21.9 Å². The lowest BCUT2D eigenvalue weighted by Crippen LogP contribution is -2.61. The number of ether oxygens (including phenoxy) is 6. The molecule has 18 nitrogen and oxygen atoms in total. The van der Waals surface area contributed by atoms with E-state index < -0.39 is 42.0 Å². The molecule has 5 atom stereocenters. The van der Waals surface area contributed by atoms with E-state index >= 15 is 0 Å². The Hall–Kier alpha value is -7.06. The second-order valence-electron chi connectivity index (χ2n) is 14.7.